The molecular weight excluding hydrogens is 200 g/mol. The molecule has 90 valence electrons. The Bertz CT molecular complexity index is 311. The van der Waals surface area contributed by atoms with E-state index in [4.69, 9.17) is 0 Å². The van der Waals surface area contributed by atoms with Crippen molar-refractivity contribution >= 4 is 0 Å². The van der Waals surface area contributed by atoms with Gasteiger partial charge >= 0.3 is 0 Å². The zero-order chi connectivity index (χ0) is 12.0. The summed E-state index contributed by atoms with van der Waals surface area (Å²) in [7, 11) is 0. The lowest BCUT2D eigenvalue weighted by molar-refractivity contribution is 0.145. The highest BCUT2D eigenvalue weighted by Gasteiger charge is 2.09. The van der Waals surface area contributed by atoms with Crippen LogP contribution in [0.25, 0.3) is 0 Å². The number of aryl methyl sites for hydroxylation is 1. The lowest BCUT2D eigenvalue weighted by Gasteiger charge is -2.20. The van der Waals surface area contributed by atoms with Gasteiger partial charge in [0.25, 0.3) is 0 Å². The minimum Gasteiger partial charge on any atom is -0.388 e. The molecule has 1 aromatic heterocycles. The van der Waals surface area contributed by atoms with Gasteiger partial charge in [-0.2, -0.15) is 0 Å². The third kappa shape index (κ3) is 3.91. The second-order valence-corrected chi connectivity index (χ2v) is 4.13. The van der Waals surface area contributed by atoms with Crippen molar-refractivity contribution < 1.29 is 5.11 Å². The number of aliphatic hydroxyl groups is 1. The second kappa shape index (κ2) is 6.61. The highest BCUT2D eigenvalue weighted by atomic mass is 16.3. The van der Waals surface area contributed by atoms with Crippen LogP contribution in [-0.2, 0) is 0 Å². The first-order chi connectivity index (χ1) is 7.67. The molecule has 0 saturated carbocycles. The first-order valence-corrected chi connectivity index (χ1v) is 5.99. The van der Waals surface area contributed by atoms with Gasteiger partial charge in [-0.1, -0.05) is 19.9 Å². The van der Waals surface area contributed by atoms with E-state index >= 15 is 0 Å². The summed E-state index contributed by atoms with van der Waals surface area (Å²) >= 11 is 0. The Hall–Kier alpha value is -0.930. The van der Waals surface area contributed by atoms with Crippen LogP contribution in [-0.4, -0.2) is 34.6 Å². The van der Waals surface area contributed by atoms with Gasteiger partial charge in [0.15, 0.2) is 0 Å². The zero-order valence-electron chi connectivity index (χ0n) is 10.5. The Morgan fingerprint density at radius 3 is 2.56 bits per heavy atom. The Morgan fingerprint density at radius 1 is 1.31 bits per heavy atom. The molecule has 0 spiro atoms. The summed E-state index contributed by atoms with van der Waals surface area (Å²) in [6, 6.07) is 2.00. The number of rotatable bonds is 6. The average Bonchev–Trinajstić information content (AvgIpc) is 2.30. The molecule has 0 fully saturated rings. The lowest BCUT2D eigenvalue weighted by Crippen LogP contribution is -2.25. The van der Waals surface area contributed by atoms with Gasteiger partial charge in [-0.3, -0.25) is 4.98 Å². The van der Waals surface area contributed by atoms with Crippen LogP contribution in [0.1, 0.15) is 37.5 Å². The molecule has 1 rings (SSSR count). The molecule has 0 aromatic carbocycles. The Labute approximate surface area is 98.1 Å². The molecule has 0 saturated heterocycles. The fourth-order valence-corrected chi connectivity index (χ4v) is 1.77. The number of hydrogen-bond acceptors (Lipinski definition) is 3. The minimum absolute atomic E-state index is 0.395. The van der Waals surface area contributed by atoms with E-state index in [-0.39, 0.29) is 0 Å². The number of hydrogen-bond donors (Lipinski definition) is 1. The van der Waals surface area contributed by atoms with Gasteiger partial charge in [-0.25, -0.2) is 0 Å². The fourth-order valence-electron chi connectivity index (χ4n) is 1.77. The third-order valence-electron chi connectivity index (χ3n) is 2.89. The number of pyridine rings is 1. The summed E-state index contributed by atoms with van der Waals surface area (Å²) in [5, 5.41) is 10.0. The Kier molecular flexibility index (Phi) is 5.43. The summed E-state index contributed by atoms with van der Waals surface area (Å²) in [5.41, 5.74) is 2.02. The first kappa shape index (κ1) is 13.1. The average molecular weight is 222 g/mol. The summed E-state index contributed by atoms with van der Waals surface area (Å²) in [6.07, 6.45) is 3.93. The number of aliphatic hydroxyl groups excluding tert-OH is 1. The van der Waals surface area contributed by atoms with Gasteiger partial charge in [-0.05, 0) is 37.6 Å². The zero-order valence-corrected chi connectivity index (χ0v) is 10.5. The van der Waals surface area contributed by atoms with Gasteiger partial charge < -0.3 is 10.0 Å². The van der Waals surface area contributed by atoms with Gasteiger partial charge in [0.1, 0.15) is 0 Å². The van der Waals surface area contributed by atoms with Gasteiger partial charge in [0, 0.05) is 18.9 Å². The quantitative estimate of drug-likeness (QED) is 0.801. The molecule has 0 aliphatic heterocycles. The Morgan fingerprint density at radius 2 is 2.00 bits per heavy atom. The summed E-state index contributed by atoms with van der Waals surface area (Å²) < 4.78 is 0. The van der Waals surface area contributed by atoms with E-state index < -0.39 is 6.10 Å². The molecule has 1 unspecified atom stereocenters. The summed E-state index contributed by atoms with van der Waals surface area (Å²) in [5.74, 6) is 0. The standard InChI is InChI=1S/C13H22N2O/c1-4-15(5-2)7-6-13(16)12-8-11(3)9-14-10-12/h8-10,13,16H,4-7H2,1-3H3. The van der Waals surface area contributed by atoms with Crippen molar-refractivity contribution in [2.75, 3.05) is 19.6 Å². The number of aromatic nitrogens is 1. The highest BCUT2D eigenvalue weighted by Crippen LogP contribution is 2.16. The van der Waals surface area contributed by atoms with Crippen molar-refractivity contribution in [2.45, 2.75) is 33.3 Å². The van der Waals surface area contributed by atoms with E-state index in [0.717, 1.165) is 37.2 Å². The molecule has 1 heterocycles. The SMILES string of the molecule is CCN(CC)CCC(O)c1cncc(C)c1. The van der Waals surface area contributed by atoms with Crippen molar-refractivity contribution in [3.63, 3.8) is 0 Å². The smallest absolute Gasteiger partial charge is 0.0817 e. The van der Waals surface area contributed by atoms with Crippen molar-refractivity contribution in [3.8, 4) is 0 Å². The lowest BCUT2D eigenvalue weighted by atomic mass is 10.1. The van der Waals surface area contributed by atoms with Gasteiger partial charge in [-0.15, -0.1) is 0 Å². The first-order valence-electron chi connectivity index (χ1n) is 5.99. The van der Waals surface area contributed by atoms with Crippen LogP contribution in [0.15, 0.2) is 18.5 Å². The molecule has 1 aromatic rings. The monoisotopic (exact) mass is 222 g/mol. The predicted molar refractivity (Wildman–Crippen MR) is 66.3 cm³/mol. The van der Waals surface area contributed by atoms with E-state index in [1.807, 2.05) is 13.0 Å². The molecule has 3 nitrogen and oxygen atoms in total. The largest absolute Gasteiger partial charge is 0.388 e. The van der Waals surface area contributed by atoms with E-state index in [1.54, 1.807) is 12.4 Å². The second-order valence-electron chi connectivity index (χ2n) is 4.13. The van der Waals surface area contributed by atoms with Gasteiger partial charge in [0.2, 0.25) is 0 Å². The van der Waals surface area contributed by atoms with Gasteiger partial charge in [0.05, 0.1) is 6.10 Å². The molecule has 1 atom stereocenters. The maximum absolute atomic E-state index is 10.0. The van der Waals surface area contributed by atoms with Crippen LogP contribution in [0, 0.1) is 6.92 Å². The van der Waals surface area contributed by atoms with Crippen LogP contribution < -0.4 is 0 Å². The van der Waals surface area contributed by atoms with Crippen LogP contribution in [0.4, 0.5) is 0 Å². The molecular formula is C13H22N2O. The third-order valence-corrected chi connectivity index (χ3v) is 2.89. The molecule has 0 aliphatic carbocycles. The van der Waals surface area contributed by atoms with E-state index in [2.05, 4.69) is 23.7 Å². The van der Waals surface area contributed by atoms with E-state index in [1.165, 1.54) is 0 Å². The summed E-state index contributed by atoms with van der Waals surface area (Å²) in [6.45, 7) is 9.29. The molecule has 3 heteroatoms. The van der Waals surface area contributed by atoms with E-state index in [9.17, 15) is 5.11 Å². The molecule has 0 bridgehead atoms. The molecule has 0 amide bonds. The minimum atomic E-state index is -0.395. The number of nitrogens with zero attached hydrogens (tertiary/aromatic N) is 2. The molecule has 0 aliphatic rings. The van der Waals surface area contributed by atoms with Crippen LogP contribution in [0.3, 0.4) is 0 Å². The van der Waals surface area contributed by atoms with Crippen LogP contribution >= 0.6 is 0 Å². The normalized spacial score (nSPS) is 13.1. The van der Waals surface area contributed by atoms with Crippen LogP contribution in [0.2, 0.25) is 0 Å². The molecule has 16 heavy (non-hydrogen) atoms. The van der Waals surface area contributed by atoms with Crippen molar-refractivity contribution in [1.29, 1.82) is 0 Å². The Balaban J connectivity index is 2.49. The molecule has 0 radical (unpaired) electrons. The van der Waals surface area contributed by atoms with E-state index in [0.29, 0.717) is 0 Å². The highest BCUT2D eigenvalue weighted by molar-refractivity contribution is 5.18. The maximum atomic E-state index is 10.0. The summed E-state index contributed by atoms with van der Waals surface area (Å²) in [4.78, 5) is 6.41. The van der Waals surface area contributed by atoms with Crippen molar-refractivity contribution in [1.82, 2.24) is 9.88 Å². The molecule has 1 N–H and O–H groups in total. The van der Waals surface area contributed by atoms with Crippen molar-refractivity contribution in [2.24, 2.45) is 0 Å². The predicted octanol–water partition coefficient (Wildman–Crippen LogP) is 2.16. The van der Waals surface area contributed by atoms with Crippen molar-refractivity contribution in [3.05, 3.63) is 29.6 Å². The fraction of sp³-hybridized carbons (Fsp3) is 0.615. The van der Waals surface area contributed by atoms with Crippen LogP contribution in [0.5, 0.6) is 0 Å². The maximum Gasteiger partial charge on any atom is 0.0817 e. The topological polar surface area (TPSA) is 36.4 Å².